The van der Waals surface area contributed by atoms with Crippen molar-refractivity contribution in [1.29, 1.82) is 0 Å². The van der Waals surface area contributed by atoms with Crippen LogP contribution >= 0.6 is 7.82 Å². The number of hydrogen-bond donors (Lipinski definition) is 2. The Labute approximate surface area is 455 Å². The minimum Gasteiger partial charge on any atom is -0.756 e. The van der Waals surface area contributed by atoms with E-state index < -0.39 is 93.7 Å². The van der Waals surface area contributed by atoms with Gasteiger partial charge in [0, 0.05) is 38.8 Å². The number of ether oxygens (including phenoxy) is 6. The first-order chi connectivity index (χ1) is 33.6. The minimum absolute atomic E-state index is 0. The molecule has 0 heterocycles. The van der Waals surface area contributed by atoms with Gasteiger partial charge in [0.2, 0.25) is 0 Å². The van der Waals surface area contributed by atoms with E-state index in [9.17, 15) is 38.2 Å². The molecule has 0 saturated heterocycles. The summed E-state index contributed by atoms with van der Waals surface area (Å²) in [5.41, 5.74) is -1.42. The second kappa shape index (κ2) is 44.8. The number of unbranched alkanes of at least 4 members (excludes halogenated alkanes) is 20. The zero-order valence-electron chi connectivity index (χ0n) is 46.2. The monoisotopic (exact) mass is 1060 g/mol. The van der Waals surface area contributed by atoms with Crippen molar-refractivity contribution >= 4 is 43.9 Å². The second-order valence-corrected chi connectivity index (χ2v) is 21.7. The molecule has 0 fully saturated rings. The van der Waals surface area contributed by atoms with Gasteiger partial charge in [-0.05, 0) is 67.2 Å². The van der Waals surface area contributed by atoms with Crippen LogP contribution in [0.25, 0.3) is 0 Å². The Morgan fingerprint density at radius 3 is 1.03 bits per heavy atom. The maximum atomic E-state index is 13.1. The number of nitrogens with one attached hydrogen (secondary N) is 2. The zero-order chi connectivity index (χ0) is 53.2. The summed E-state index contributed by atoms with van der Waals surface area (Å²) in [5, 5.41) is 5.06. The molecule has 18 nitrogen and oxygen atoms in total. The Balaban J connectivity index is 0. The molecule has 3 atom stereocenters. The van der Waals surface area contributed by atoms with Gasteiger partial charge in [-0.15, -0.1) is 0 Å². The Hall–Kier alpha value is -2.47. The first-order valence-corrected chi connectivity index (χ1v) is 28.3. The molecule has 0 aliphatic rings. The molecule has 0 spiro atoms. The molecule has 0 aromatic carbocycles. The molecular formula is C52H96N2NaO16P. The van der Waals surface area contributed by atoms with Crippen molar-refractivity contribution in [2.75, 3.05) is 39.5 Å². The zero-order valence-corrected chi connectivity index (χ0v) is 49.1. The average Bonchev–Trinajstić information content (AvgIpc) is 3.28. The van der Waals surface area contributed by atoms with Crippen LogP contribution in [-0.2, 0) is 61.2 Å². The summed E-state index contributed by atoms with van der Waals surface area (Å²) >= 11 is 0. The molecule has 0 radical (unpaired) electrons. The number of carbonyl (C=O) groups excluding carboxylic acids is 6. The molecule has 2 N–H and O–H groups in total. The molecule has 0 rings (SSSR count). The van der Waals surface area contributed by atoms with Crippen molar-refractivity contribution in [3.8, 4) is 0 Å². The number of hydrogen-bond acceptors (Lipinski definition) is 16. The van der Waals surface area contributed by atoms with Gasteiger partial charge in [-0.1, -0.05) is 142 Å². The van der Waals surface area contributed by atoms with Gasteiger partial charge in [-0.25, -0.2) is 9.59 Å². The van der Waals surface area contributed by atoms with Gasteiger partial charge in [-0.2, -0.15) is 0 Å². The molecule has 0 aliphatic heterocycles. The van der Waals surface area contributed by atoms with Gasteiger partial charge in [0.1, 0.15) is 24.4 Å². The van der Waals surface area contributed by atoms with Gasteiger partial charge in [-0.3, -0.25) is 23.7 Å². The fourth-order valence-corrected chi connectivity index (χ4v) is 7.74. The van der Waals surface area contributed by atoms with Gasteiger partial charge >= 0.3 is 65.6 Å². The third-order valence-electron chi connectivity index (χ3n) is 10.7. The van der Waals surface area contributed by atoms with Crippen LogP contribution in [0.3, 0.4) is 0 Å². The van der Waals surface area contributed by atoms with Crippen LogP contribution in [0.1, 0.15) is 235 Å². The van der Waals surface area contributed by atoms with E-state index in [-0.39, 0.29) is 81.2 Å². The van der Waals surface area contributed by atoms with Gasteiger partial charge in [0.05, 0.1) is 13.2 Å². The molecule has 0 aliphatic carbocycles. The van der Waals surface area contributed by atoms with Crippen LogP contribution in [0.5, 0.6) is 0 Å². The summed E-state index contributed by atoms with van der Waals surface area (Å²) in [6, 6.07) is 0. The maximum absolute atomic E-state index is 13.1. The average molecular weight is 1060 g/mol. The fourth-order valence-electron chi connectivity index (χ4n) is 6.97. The first kappa shape index (κ1) is 71.6. The van der Waals surface area contributed by atoms with E-state index in [2.05, 4.69) is 24.5 Å². The minimum atomic E-state index is -5.20. The molecule has 0 aromatic heterocycles. The van der Waals surface area contributed by atoms with Crippen LogP contribution in [-0.4, -0.2) is 99.0 Å². The smallest absolute Gasteiger partial charge is 0.756 e. The van der Waals surface area contributed by atoms with E-state index in [1.54, 1.807) is 41.5 Å². The standard InChI is InChI=1S/C52H97N2O16P.Na/c1-9-11-13-15-17-19-21-23-25-27-29-33-45(55)63-39-43(67-47(57)34-30-28-26-24-22-20-18-16-14-12-10-2)41-65-71(61,62)66-42-44(68-48(58)36-32-38-54-50(60)70-52(6,7)8)40-64-46(56)35-31-37-53-49(59)69-51(3,4)5;/h43-44H,9-42H2,1-8H3,(H,53,59)(H,54,60)(H,61,62);/q;+1/p-1/t43-,44?;/m1./s1. The molecule has 0 saturated carbocycles. The van der Waals surface area contributed by atoms with Crippen molar-refractivity contribution < 1.29 is 105 Å². The Kier molecular flexibility index (Phi) is 44.5. The molecule has 2 unspecified atom stereocenters. The van der Waals surface area contributed by atoms with Crippen molar-refractivity contribution in [3.05, 3.63) is 0 Å². The van der Waals surface area contributed by atoms with Crippen LogP contribution in [0.15, 0.2) is 0 Å². The number of amides is 2. The SMILES string of the molecule is CCCCCCCCCCCCCC(=O)OC[C@H](COP(=O)([O-])OCC(COC(=O)CCCNC(=O)OC(C)(C)C)OC(=O)CCCNC(=O)OC(C)(C)C)OC(=O)CCCCCCCCCCCCC.[Na+]. The third kappa shape index (κ3) is 49.7. The number of esters is 4. The predicted molar refractivity (Wildman–Crippen MR) is 270 cm³/mol. The van der Waals surface area contributed by atoms with Crippen LogP contribution < -0.4 is 45.1 Å². The number of phosphoric acid groups is 1. The van der Waals surface area contributed by atoms with Gasteiger partial charge < -0.3 is 53.0 Å². The summed E-state index contributed by atoms with van der Waals surface area (Å²) in [6.07, 6.45) is 20.7. The van der Waals surface area contributed by atoms with Gasteiger partial charge in [0.25, 0.3) is 7.82 Å². The molecular weight excluding hydrogens is 963 g/mol. The molecule has 72 heavy (non-hydrogen) atoms. The topological polar surface area (TPSA) is 240 Å². The van der Waals surface area contributed by atoms with E-state index in [1.807, 2.05) is 0 Å². The summed E-state index contributed by atoms with van der Waals surface area (Å²) in [4.78, 5) is 88.0. The summed E-state index contributed by atoms with van der Waals surface area (Å²) in [6.45, 7) is 12.3. The molecule has 20 heteroatoms. The molecule has 0 bridgehead atoms. The predicted octanol–water partition coefficient (Wildman–Crippen LogP) is 8.41. The van der Waals surface area contributed by atoms with Crippen LogP contribution in [0.2, 0.25) is 0 Å². The number of carbonyl (C=O) groups is 6. The third-order valence-corrected chi connectivity index (χ3v) is 11.6. The normalized spacial score (nSPS) is 13.1. The maximum Gasteiger partial charge on any atom is 1.00 e. The summed E-state index contributed by atoms with van der Waals surface area (Å²) in [5.74, 6) is -2.62. The van der Waals surface area contributed by atoms with Gasteiger partial charge in [0.15, 0.2) is 12.2 Å². The van der Waals surface area contributed by atoms with E-state index in [0.717, 1.165) is 44.9 Å². The first-order valence-electron chi connectivity index (χ1n) is 26.9. The Morgan fingerprint density at radius 1 is 0.431 bits per heavy atom. The van der Waals surface area contributed by atoms with Crippen LogP contribution in [0.4, 0.5) is 9.59 Å². The summed E-state index contributed by atoms with van der Waals surface area (Å²) < 4.78 is 55.2. The quantitative estimate of drug-likeness (QED) is 0.0191. The van der Waals surface area contributed by atoms with Crippen molar-refractivity contribution in [3.63, 3.8) is 0 Å². The van der Waals surface area contributed by atoms with E-state index >= 15 is 0 Å². The second-order valence-electron chi connectivity index (χ2n) is 20.3. The number of alkyl carbamates (subject to hydrolysis) is 2. The number of rotatable bonds is 44. The van der Waals surface area contributed by atoms with Crippen molar-refractivity contribution in [2.45, 2.75) is 259 Å². The Morgan fingerprint density at radius 2 is 0.708 bits per heavy atom. The van der Waals surface area contributed by atoms with Crippen molar-refractivity contribution in [1.82, 2.24) is 10.6 Å². The molecule has 2 amide bonds. The largest absolute Gasteiger partial charge is 1.00 e. The van der Waals surface area contributed by atoms with Crippen molar-refractivity contribution in [2.24, 2.45) is 0 Å². The van der Waals surface area contributed by atoms with E-state index in [0.29, 0.717) is 12.8 Å². The van der Waals surface area contributed by atoms with Crippen LogP contribution in [0, 0.1) is 0 Å². The fraction of sp³-hybridized carbons (Fsp3) is 0.885. The summed E-state index contributed by atoms with van der Waals surface area (Å²) in [7, 11) is -5.20. The molecule has 416 valence electrons. The molecule has 0 aromatic rings. The number of phosphoric ester groups is 1. The Bertz CT molecular complexity index is 1490. The van der Waals surface area contributed by atoms with E-state index in [4.69, 9.17) is 37.5 Å². The van der Waals surface area contributed by atoms with E-state index in [1.165, 1.54) is 83.5 Å².